The highest BCUT2D eigenvalue weighted by atomic mass is 28.4. The van der Waals surface area contributed by atoms with E-state index in [0.717, 1.165) is 12.5 Å². The maximum atomic E-state index is 6.09. The van der Waals surface area contributed by atoms with Crippen molar-refractivity contribution < 1.29 is 13.3 Å². The Labute approximate surface area is 102 Å². The molecule has 0 bridgehead atoms. The van der Waals surface area contributed by atoms with Crippen LogP contribution in [0.3, 0.4) is 0 Å². The van der Waals surface area contributed by atoms with Crippen molar-refractivity contribution >= 4 is 8.80 Å². The van der Waals surface area contributed by atoms with Gasteiger partial charge in [-0.3, -0.25) is 0 Å². The molecule has 0 fully saturated rings. The average Bonchev–Trinajstić information content (AvgIpc) is 1.98. The summed E-state index contributed by atoms with van der Waals surface area (Å²) in [5.74, 6) is 0. The van der Waals surface area contributed by atoms with Gasteiger partial charge >= 0.3 is 8.80 Å². The van der Waals surface area contributed by atoms with Crippen molar-refractivity contribution in [2.75, 3.05) is 7.11 Å². The van der Waals surface area contributed by atoms with Gasteiger partial charge in [-0.05, 0) is 41.5 Å². The summed E-state index contributed by atoms with van der Waals surface area (Å²) in [5.41, 5.74) is -0.467. The lowest BCUT2D eigenvalue weighted by Crippen LogP contribution is -2.53. The molecular weight excluding hydrogens is 220 g/mol. The Balaban J connectivity index is 4.85. The molecule has 0 spiro atoms. The van der Waals surface area contributed by atoms with Crippen LogP contribution in [0.15, 0.2) is 0 Å². The Hall–Kier alpha value is 0.0969. The van der Waals surface area contributed by atoms with Crippen LogP contribution >= 0.6 is 0 Å². The van der Waals surface area contributed by atoms with Crippen LogP contribution < -0.4 is 0 Å². The van der Waals surface area contributed by atoms with Gasteiger partial charge in [-0.2, -0.15) is 0 Å². The first kappa shape index (κ1) is 16.1. The molecule has 0 amide bonds. The van der Waals surface area contributed by atoms with Crippen LogP contribution in [-0.2, 0) is 13.3 Å². The Morgan fingerprint density at radius 1 is 0.875 bits per heavy atom. The molecule has 3 nitrogen and oxygen atoms in total. The summed E-state index contributed by atoms with van der Waals surface area (Å²) >= 11 is 0. The Kier molecular flexibility index (Phi) is 5.66. The molecule has 0 aromatic rings. The predicted molar refractivity (Wildman–Crippen MR) is 69.5 cm³/mol. The Morgan fingerprint density at radius 3 is 1.44 bits per heavy atom. The van der Waals surface area contributed by atoms with Gasteiger partial charge in [-0.15, -0.1) is 0 Å². The molecule has 98 valence electrons. The Morgan fingerprint density at radius 2 is 1.25 bits per heavy atom. The zero-order valence-corrected chi connectivity index (χ0v) is 13.1. The van der Waals surface area contributed by atoms with Gasteiger partial charge in [0.25, 0.3) is 0 Å². The summed E-state index contributed by atoms with van der Waals surface area (Å²) in [6.45, 7) is 14.3. The minimum Gasteiger partial charge on any atom is -0.377 e. The molecule has 0 saturated carbocycles. The monoisotopic (exact) mass is 248 g/mol. The van der Waals surface area contributed by atoms with Crippen LogP contribution in [0.1, 0.15) is 54.9 Å². The number of hydrogen-bond donors (Lipinski definition) is 0. The van der Waals surface area contributed by atoms with Gasteiger partial charge in [0.2, 0.25) is 0 Å². The molecule has 0 radical (unpaired) electrons. The SMILES string of the molecule is CCC[Si](OC)(OC(C)(C)C)OC(C)(C)C. The standard InChI is InChI=1S/C12H28O3Si/c1-9-10-16(13-8,14-11(2,3)4)15-12(5,6)7/h9-10H2,1-8H3. The van der Waals surface area contributed by atoms with E-state index in [4.69, 9.17) is 13.3 Å². The molecule has 0 saturated heterocycles. The quantitative estimate of drug-likeness (QED) is 0.696. The van der Waals surface area contributed by atoms with E-state index in [1.54, 1.807) is 7.11 Å². The Bertz CT molecular complexity index is 187. The molecular formula is C12H28O3Si. The van der Waals surface area contributed by atoms with Gasteiger partial charge in [0.05, 0.1) is 11.2 Å². The van der Waals surface area contributed by atoms with E-state index >= 15 is 0 Å². The lowest BCUT2D eigenvalue weighted by molar-refractivity contribution is -0.0364. The molecule has 0 atom stereocenters. The van der Waals surface area contributed by atoms with E-state index in [1.165, 1.54) is 0 Å². The van der Waals surface area contributed by atoms with Gasteiger partial charge in [-0.25, -0.2) is 0 Å². The fourth-order valence-electron chi connectivity index (χ4n) is 1.55. The topological polar surface area (TPSA) is 27.7 Å². The average molecular weight is 248 g/mol. The molecule has 0 aliphatic heterocycles. The molecule has 0 unspecified atom stereocenters. The van der Waals surface area contributed by atoms with Crippen LogP contribution in [0.25, 0.3) is 0 Å². The summed E-state index contributed by atoms with van der Waals surface area (Å²) < 4.78 is 17.8. The normalized spacial score (nSPS) is 14.2. The molecule has 4 heteroatoms. The number of rotatable bonds is 5. The van der Waals surface area contributed by atoms with Gasteiger partial charge in [0, 0.05) is 13.2 Å². The zero-order chi connectivity index (χ0) is 13.0. The second-order valence-electron chi connectivity index (χ2n) is 6.07. The van der Waals surface area contributed by atoms with Crippen LogP contribution in [0.2, 0.25) is 6.04 Å². The van der Waals surface area contributed by atoms with Crippen molar-refractivity contribution in [1.29, 1.82) is 0 Å². The minimum absolute atomic E-state index is 0.233. The first-order valence-corrected chi connectivity index (χ1v) is 7.92. The van der Waals surface area contributed by atoms with E-state index < -0.39 is 8.80 Å². The maximum Gasteiger partial charge on any atom is 0.501 e. The third kappa shape index (κ3) is 6.63. The first-order chi connectivity index (χ1) is 7.04. The second kappa shape index (κ2) is 5.62. The van der Waals surface area contributed by atoms with Gasteiger partial charge in [-0.1, -0.05) is 13.3 Å². The predicted octanol–water partition coefficient (Wildman–Crippen LogP) is 3.61. The molecule has 0 heterocycles. The van der Waals surface area contributed by atoms with E-state index in [-0.39, 0.29) is 11.2 Å². The van der Waals surface area contributed by atoms with Crippen molar-refractivity contribution in [1.82, 2.24) is 0 Å². The molecule has 0 aromatic carbocycles. The summed E-state index contributed by atoms with van der Waals surface area (Å²) in [7, 11) is -0.847. The summed E-state index contributed by atoms with van der Waals surface area (Å²) in [6, 6.07) is 0.859. The molecule has 0 aliphatic carbocycles. The van der Waals surface area contributed by atoms with Crippen molar-refractivity contribution in [3.8, 4) is 0 Å². The first-order valence-electron chi connectivity index (χ1n) is 5.99. The van der Waals surface area contributed by atoms with Gasteiger partial charge in [0.15, 0.2) is 0 Å². The van der Waals surface area contributed by atoms with Crippen molar-refractivity contribution in [2.45, 2.75) is 72.1 Å². The number of hydrogen-bond acceptors (Lipinski definition) is 3. The van der Waals surface area contributed by atoms with Crippen molar-refractivity contribution in [3.05, 3.63) is 0 Å². The van der Waals surface area contributed by atoms with Crippen LogP contribution in [0.4, 0.5) is 0 Å². The van der Waals surface area contributed by atoms with Gasteiger partial charge in [0.1, 0.15) is 0 Å². The molecule has 0 rings (SSSR count). The summed E-state index contributed by atoms with van der Waals surface area (Å²) in [5, 5.41) is 0. The minimum atomic E-state index is -2.54. The van der Waals surface area contributed by atoms with E-state index in [0.29, 0.717) is 0 Å². The fourth-order valence-corrected chi connectivity index (χ4v) is 4.64. The maximum absolute atomic E-state index is 6.09. The molecule has 0 aliphatic rings. The van der Waals surface area contributed by atoms with E-state index in [1.807, 2.05) is 41.5 Å². The highest BCUT2D eigenvalue weighted by Crippen LogP contribution is 2.28. The summed E-state index contributed by atoms with van der Waals surface area (Å²) in [4.78, 5) is 0. The second-order valence-corrected chi connectivity index (χ2v) is 8.75. The highest BCUT2D eigenvalue weighted by Gasteiger charge is 2.45. The lowest BCUT2D eigenvalue weighted by Gasteiger charge is -2.38. The summed E-state index contributed by atoms with van der Waals surface area (Å²) in [6.07, 6.45) is 1.01. The van der Waals surface area contributed by atoms with E-state index in [9.17, 15) is 0 Å². The fraction of sp³-hybridized carbons (Fsp3) is 1.00. The van der Waals surface area contributed by atoms with Crippen LogP contribution in [0, 0.1) is 0 Å². The van der Waals surface area contributed by atoms with Crippen LogP contribution in [-0.4, -0.2) is 27.1 Å². The lowest BCUT2D eigenvalue weighted by atomic mass is 10.2. The zero-order valence-electron chi connectivity index (χ0n) is 12.1. The third-order valence-corrected chi connectivity index (χ3v) is 5.37. The largest absolute Gasteiger partial charge is 0.501 e. The molecule has 0 aromatic heterocycles. The third-order valence-electron chi connectivity index (χ3n) is 1.79. The molecule has 0 N–H and O–H groups in total. The van der Waals surface area contributed by atoms with Crippen molar-refractivity contribution in [3.63, 3.8) is 0 Å². The van der Waals surface area contributed by atoms with Crippen LogP contribution in [0.5, 0.6) is 0 Å². The van der Waals surface area contributed by atoms with Gasteiger partial charge < -0.3 is 13.3 Å². The molecule has 16 heavy (non-hydrogen) atoms. The smallest absolute Gasteiger partial charge is 0.377 e. The van der Waals surface area contributed by atoms with Crippen molar-refractivity contribution in [2.24, 2.45) is 0 Å². The highest BCUT2D eigenvalue weighted by molar-refractivity contribution is 6.60. The van der Waals surface area contributed by atoms with E-state index in [2.05, 4.69) is 6.92 Å².